The molecular formula is C29H23F2N7O. The Bertz CT molecular complexity index is 1840. The summed E-state index contributed by atoms with van der Waals surface area (Å²) in [4.78, 5) is 28.6. The number of unbranched alkanes of at least 4 members (excludes halogenated alkanes) is 1. The van der Waals surface area contributed by atoms with Crippen LogP contribution in [0.25, 0.3) is 55.8 Å². The Morgan fingerprint density at radius 3 is 2.72 bits per heavy atom. The number of aromatic nitrogens is 6. The summed E-state index contributed by atoms with van der Waals surface area (Å²) in [6.45, 7) is 2.02. The van der Waals surface area contributed by atoms with Crippen molar-refractivity contribution in [3.05, 3.63) is 78.8 Å². The first-order chi connectivity index (χ1) is 19.0. The molecule has 3 N–H and O–H groups in total. The Morgan fingerprint density at radius 2 is 1.87 bits per heavy atom. The third kappa shape index (κ3) is 4.61. The Balaban J connectivity index is 1.41. The van der Waals surface area contributed by atoms with Crippen LogP contribution in [0, 0.1) is 11.6 Å². The van der Waals surface area contributed by atoms with Crippen molar-refractivity contribution >= 4 is 33.7 Å². The summed E-state index contributed by atoms with van der Waals surface area (Å²) in [6, 6.07) is 12.9. The van der Waals surface area contributed by atoms with Crippen molar-refractivity contribution in [3.63, 3.8) is 0 Å². The molecular weight excluding hydrogens is 500 g/mol. The summed E-state index contributed by atoms with van der Waals surface area (Å²) in [5.74, 6) is -0.545. The van der Waals surface area contributed by atoms with Crippen LogP contribution in [0.1, 0.15) is 26.2 Å². The van der Waals surface area contributed by atoms with Gasteiger partial charge in [0.1, 0.15) is 22.8 Å². The number of rotatable bonds is 7. The highest BCUT2D eigenvalue weighted by Crippen LogP contribution is 2.34. The first-order valence-electron chi connectivity index (χ1n) is 12.5. The fraction of sp³-hybridized carbons (Fsp3) is 0.138. The molecule has 0 saturated carbocycles. The van der Waals surface area contributed by atoms with Crippen molar-refractivity contribution in [2.45, 2.75) is 26.2 Å². The molecule has 4 heterocycles. The summed E-state index contributed by atoms with van der Waals surface area (Å²) >= 11 is 0. The van der Waals surface area contributed by atoms with Crippen LogP contribution < -0.4 is 5.32 Å². The monoisotopic (exact) mass is 523 g/mol. The number of imidazole rings is 1. The Hall–Kier alpha value is -4.99. The number of carbonyl (C=O) groups excluding carboxylic acids is 1. The van der Waals surface area contributed by atoms with Crippen LogP contribution in [0.4, 0.5) is 14.5 Å². The predicted octanol–water partition coefficient (Wildman–Crippen LogP) is 6.64. The molecule has 0 fully saturated rings. The Morgan fingerprint density at radius 1 is 1.00 bits per heavy atom. The van der Waals surface area contributed by atoms with Gasteiger partial charge in [0.2, 0.25) is 5.91 Å². The molecule has 0 aliphatic rings. The van der Waals surface area contributed by atoms with E-state index in [1.54, 1.807) is 42.6 Å². The summed E-state index contributed by atoms with van der Waals surface area (Å²) in [5, 5.41) is 10.7. The number of anilines is 1. The average molecular weight is 524 g/mol. The van der Waals surface area contributed by atoms with Crippen molar-refractivity contribution in [2.75, 3.05) is 5.32 Å². The number of hydrogen-bond acceptors (Lipinski definition) is 5. The van der Waals surface area contributed by atoms with Crippen molar-refractivity contribution in [1.82, 2.24) is 30.1 Å². The zero-order valence-corrected chi connectivity index (χ0v) is 20.9. The quantitative estimate of drug-likeness (QED) is 0.217. The van der Waals surface area contributed by atoms with E-state index in [9.17, 15) is 9.18 Å². The van der Waals surface area contributed by atoms with Crippen LogP contribution in [0.2, 0.25) is 0 Å². The molecule has 0 aliphatic carbocycles. The number of halogens is 2. The number of benzene rings is 2. The summed E-state index contributed by atoms with van der Waals surface area (Å²) < 4.78 is 29.7. The fourth-order valence-electron chi connectivity index (χ4n) is 4.58. The number of hydrogen-bond donors (Lipinski definition) is 3. The maximum Gasteiger partial charge on any atom is 0.224 e. The topological polar surface area (TPSA) is 112 Å². The molecule has 0 radical (unpaired) electrons. The molecule has 2 aromatic carbocycles. The highest BCUT2D eigenvalue weighted by atomic mass is 19.1. The predicted molar refractivity (Wildman–Crippen MR) is 146 cm³/mol. The van der Waals surface area contributed by atoms with Gasteiger partial charge in [-0.15, -0.1) is 0 Å². The minimum Gasteiger partial charge on any atom is -0.325 e. The van der Waals surface area contributed by atoms with Gasteiger partial charge in [0.05, 0.1) is 17.4 Å². The molecule has 0 bridgehead atoms. The van der Waals surface area contributed by atoms with E-state index in [-0.39, 0.29) is 11.7 Å². The summed E-state index contributed by atoms with van der Waals surface area (Å²) in [6.07, 6.45) is 6.76. The van der Waals surface area contributed by atoms with E-state index in [0.717, 1.165) is 12.8 Å². The molecule has 6 aromatic rings. The Kier molecular flexibility index (Phi) is 6.28. The van der Waals surface area contributed by atoms with Gasteiger partial charge in [-0.25, -0.2) is 18.7 Å². The van der Waals surface area contributed by atoms with Crippen molar-refractivity contribution in [2.24, 2.45) is 0 Å². The first kappa shape index (κ1) is 24.4. The number of pyridine rings is 2. The van der Waals surface area contributed by atoms with E-state index in [1.807, 2.05) is 6.92 Å². The number of aromatic amines is 2. The van der Waals surface area contributed by atoms with E-state index in [1.165, 1.54) is 24.5 Å². The zero-order valence-electron chi connectivity index (χ0n) is 20.9. The van der Waals surface area contributed by atoms with E-state index < -0.39 is 5.82 Å². The lowest BCUT2D eigenvalue weighted by molar-refractivity contribution is -0.116. The SMILES string of the molecule is CCCCC(=O)Nc1cncc(-c2cc3c(-c4nc5c(-c6ccccc6F)ccnc5[nH]4)n[nH]c3cc2F)c1. The molecule has 4 aromatic heterocycles. The molecule has 10 heteroatoms. The largest absolute Gasteiger partial charge is 0.325 e. The molecule has 0 unspecified atom stereocenters. The minimum absolute atomic E-state index is 0.114. The molecule has 194 valence electrons. The summed E-state index contributed by atoms with van der Waals surface area (Å²) in [5.41, 5.74) is 4.19. The smallest absolute Gasteiger partial charge is 0.224 e. The van der Waals surface area contributed by atoms with Gasteiger partial charge < -0.3 is 10.3 Å². The van der Waals surface area contributed by atoms with Gasteiger partial charge in [-0.1, -0.05) is 31.5 Å². The van der Waals surface area contributed by atoms with E-state index in [0.29, 0.717) is 67.9 Å². The highest BCUT2D eigenvalue weighted by molar-refractivity contribution is 5.98. The van der Waals surface area contributed by atoms with Crippen LogP contribution in [-0.2, 0) is 4.79 Å². The standard InChI is InChI=1S/C29H23F2N7O/c1-2-3-8-25(39)34-17-11-16(14-32-15-17)20-12-21-24(13-23(20)31)37-38-27(21)29-35-26-19(9-10-33-28(26)36-29)18-6-4-5-7-22(18)30/h4-7,9-15H,2-3,8H2,1H3,(H,34,39)(H,37,38)(H,33,35,36). The number of H-pyrrole nitrogens is 2. The number of nitrogens with zero attached hydrogens (tertiary/aromatic N) is 4. The average Bonchev–Trinajstić information content (AvgIpc) is 3.55. The van der Waals surface area contributed by atoms with E-state index in [2.05, 4.69) is 30.5 Å². The molecule has 0 saturated heterocycles. The maximum atomic E-state index is 15.2. The highest BCUT2D eigenvalue weighted by Gasteiger charge is 2.19. The maximum absolute atomic E-state index is 15.2. The van der Waals surface area contributed by atoms with Crippen molar-refractivity contribution < 1.29 is 13.6 Å². The third-order valence-electron chi connectivity index (χ3n) is 6.51. The van der Waals surface area contributed by atoms with Crippen molar-refractivity contribution in [3.8, 4) is 33.8 Å². The zero-order chi connectivity index (χ0) is 26.9. The van der Waals surface area contributed by atoms with Gasteiger partial charge >= 0.3 is 0 Å². The second-order valence-corrected chi connectivity index (χ2v) is 9.18. The van der Waals surface area contributed by atoms with Gasteiger partial charge in [0.15, 0.2) is 11.5 Å². The van der Waals surface area contributed by atoms with Crippen LogP contribution >= 0.6 is 0 Å². The second kappa shape index (κ2) is 10.1. The molecule has 6 rings (SSSR count). The van der Waals surface area contributed by atoms with Gasteiger partial charge in [0, 0.05) is 52.5 Å². The molecule has 0 atom stereocenters. The molecule has 1 amide bonds. The van der Waals surface area contributed by atoms with Gasteiger partial charge in [-0.2, -0.15) is 5.10 Å². The van der Waals surface area contributed by atoms with Crippen LogP contribution in [0.3, 0.4) is 0 Å². The van der Waals surface area contributed by atoms with Gasteiger partial charge in [-0.05, 0) is 30.7 Å². The fourth-order valence-corrected chi connectivity index (χ4v) is 4.58. The number of amides is 1. The minimum atomic E-state index is -0.470. The van der Waals surface area contributed by atoms with Gasteiger partial charge in [-0.3, -0.25) is 14.9 Å². The van der Waals surface area contributed by atoms with Gasteiger partial charge in [0.25, 0.3) is 0 Å². The number of carbonyl (C=O) groups is 1. The third-order valence-corrected chi connectivity index (χ3v) is 6.51. The lowest BCUT2D eigenvalue weighted by Gasteiger charge is -2.08. The van der Waals surface area contributed by atoms with Crippen LogP contribution in [0.15, 0.2) is 67.1 Å². The number of nitrogens with one attached hydrogen (secondary N) is 3. The second-order valence-electron chi connectivity index (χ2n) is 9.18. The normalized spacial score (nSPS) is 11.4. The Labute approximate surface area is 221 Å². The van der Waals surface area contributed by atoms with Crippen LogP contribution in [0.5, 0.6) is 0 Å². The lowest BCUT2D eigenvalue weighted by atomic mass is 10.0. The van der Waals surface area contributed by atoms with Crippen molar-refractivity contribution in [1.29, 1.82) is 0 Å². The summed E-state index contributed by atoms with van der Waals surface area (Å²) in [7, 11) is 0. The van der Waals surface area contributed by atoms with E-state index >= 15 is 4.39 Å². The molecule has 39 heavy (non-hydrogen) atoms. The molecule has 8 nitrogen and oxygen atoms in total. The first-order valence-corrected chi connectivity index (χ1v) is 12.5. The number of fused-ring (bicyclic) bond motifs is 2. The van der Waals surface area contributed by atoms with Crippen LogP contribution in [-0.4, -0.2) is 36.0 Å². The molecule has 0 aliphatic heterocycles. The molecule has 0 spiro atoms. The lowest BCUT2D eigenvalue weighted by Crippen LogP contribution is -2.11. The van der Waals surface area contributed by atoms with E-state index in [4.69, 9.17) is 4.98 Å².